The van der Waals surface area contributed by atoms with Gasteiger partial charge in [0.2, 0.25) is 0 Å². The number of hydrogen-bond acceptors (Lipinski definition) is 0. The Kier molecular flexibility index (Phi) is 4.39. The maximum absolute atomic E-state index is 13.7. The fourth-order valence-corrected chi connectivity index (χ4v) is 3.45. The first kappa shape index (κ1) is 12.8. The van der Waals surface area contributed by atoms with Gasteiger partial charge in [-0.2, -0.15) is 0 Å². The van der Waals surface area contributed by atoms with Gasteiger partial charge in [-0.1, -0.05) is 64.9 Å². The third-order valence-corrected chi connectivity index (χ3v) is 4.33. The normalized spacial score (nSPS) is 10.8. The Bertz CT molecular complexity index is 500. The molecule has 0 nitrogen and oxygen atoms in total. The molecule has 0 bridgehead atoms. The Morgan fingerprint density at radius 1 is 0.941 bits per heavy atom. The second kappa shape index (κ2) is 5.82. The maximum atomic E-state index is 13.7. The van der Waals surface area contributed by atoms with Gasteiger partial charge in [0.1, 0.15) is 12.4 Å². The zero-order valence-electron chi connectivity index (χ0n) is 8.91. The van der Waals surface area contributed by atoms with E-state index in [1.807, 2.05) is 36.4 Å². The van der Waals surface area contributed by atoms with Crippen molar-refractivity contribution < 1.29 is 4.39 Å². The van der Waals surface area contributed by atoms with Crippen LogP contribution in [-0.4, -0.2) is 0 Å². The van der Waals surface area contributed by atoms with Gasteiger partial charge in [-0.15, -0.1) is 0 Å². The van der Waals surface area contributed by atoms with Crippen molar-refractivity contribution in [1.29, 1.82) is 0 Å². The van der Waals surface area contributed by atoms with Crippen molar-refractivity contribution in [2.45, 2.75) is 6.42 Å². The lowest BCUT2D eigenvalue weighted by Crippen LogP contribution is -2.10. The van der Waals surface area contributed by atoms with E-state index in [4.69, 9.17) is 22.5 Å². The van der Waals surface area contributed by atoms with Crippen molar-refractivity contribution >= 4 is 34.4 Å². The SMILES string of the molecule is Fc1cccc(Cc2ccccc2)c1P(Cl)Cl. The van der Waals surface area contributed by atoms with Gasteiger partial charge in [-0.25, -0.2) is 4.39 Å². The van der Waals surface area contributed by atoms with Crippen LogP contribution in [0.2, 0.25) is 0 Å². The summed E-state index contributed by atoms with van der Waals surface area (Å²) in [7, 11) is 0. The molecule has 0 saturated carbocycles. The molecule has 0 fully saturated rings. The van der Waals surface area contributed by atoms with E-state index in [2.05, 4.69) is 0 Å². The predicted molar refractivity (Wildman–Crippen MR) is 73.9 cm³/mol. The molecule has 2 aromatic rings. The average molecular weight is 287 g/mol. The van der Waals surface area contributed by atoms with Crippen LogP contribution < -0.4 is 5.30 Å². The zero-order chi connectivity index (χ0) is 12.3. The molecular weight excluding hydrogens is 277 g/mol. The van der Waals surface area contributed by atoms with Crippen LogP contribution >= 0.6 is 29.1 Å². The van der Waals surface area contributed by atoms with Crippen LogP contribution in [0.3, 0.4) is 0 Å². The van der Waals surface area contributed by atoms with E-state index in [9.17, 15) is 4.39 Å². The van der Waals surface area contributed by atoms with E-state index in [0.29, 0.717) is 11.7 Å². The summed E-state index contributed by atoms with van der Waals surface area (Å²) < 4.78 is 13.7. The second-order valence-electron chi connectivity index (χ2n) is 3.64. The molecule has 4 heteroatoms. The fourth-order valence-electron chi connectivity index (χ4n) is 1.71. The molecule has 0 aromatic heterocycles. The molecule has 0 saturated heterocycles. The Morgan fingerprint density at radius 2 is 1.65 bits per heavy atom. The van der Waals surface area contributed by atoms with Crippen molar-refractivity contribution in [3.63, 3.8) is 0 Å². The quantitative estimate of drug-likeness (QED) is 0.709. The molecule has 0 atom stereocenters. The van der Waals surface area contributed by atoms with Crippen LogP contribution in [0.5, 0.6) is 0 Å². The summed E-state index contributed by atoms with van der Waals surface area (Å²) in [4.78, 5) is 0. The molecule has 17 heavy (non-hydrogen) atoms. The second-order valence-corrected chi connectivity index (χ2v) is 7.10. The highest BCUT2D eigenvalue weighted by Crippen LogP contribution is 2.47. The van der Waals surface area contributed by atoms with Gasteiger partial charge in [0.15, 0.2) is 0 Å². The molecule has 0 amide bonds. The topological polar surface area (TPSA) is 0 Å². The summed E-state index contributed by atoms with van der Waals surface area (Å²) in [6, 6.07) is 14.8. The van der Waals surface area contributed by atoms with Crippen molar-refractivity contribution in [2.24, 2.45) is 0 Å². The largest absolute Gasteiger partial charge is 0.206 e. The third kappa shape index (κ3) is 3.19. The van der Waals surface area contributed by atoms with E-state index in [1.54, 1.807) is 6.07 Å². The Morgan fingerprint density at radius 3 is 2.29 bits per heavy atom. The fraction of sp³-hybridized carbons (Fsp3) is 0.0769. The molecular formula is C13H10Cl2FP. The van der Waals surface area contributed by atoms with E-state index < -0.39 is 6.63 Å². The van der Waals surface area contributed by atoms with Crippen LogP contribution in [0, 0.1) is 5.82 Å². The zero-order valence-corrected chi connectivity index (χ0v) is 11.3. The Hall–Kier alpha value is -0.620. The summed E-state index contributed by atoms with van der Waals surface area (Å²) in [5, 5.41) is 0.440. The monoisotopic (exact) mass is 286 g/mol. The first-order valence-electron chi connectivity index (χ1n) is 5.11. The molecule has 0 aliphatic rings. The first-order valence-corrected chi connectivity index (χ1v) is 8.26. The minimum Gasteiger partial charge on any atom is -0.206 e. The van der Waals surface area contributed by atoms with Gasteiger partial charge < -0.3 is 0 Å². The van der Waals surface area contributed by atoms with E-state index >= 15 is 0 Å². The lowest BCUT2D eigenvalue weighted by molar-refractivity contribution is 0.635. The van der Waals surface area contributed by atoms with Crippen molar-refractivity contribution in [3.8, 4) is 0 Å². The minimum absolute atomic E-state index is 0.324. The molecule has 0 aliphatic carbocycles. The average Bonchev–Trinajstić information content (AvgIpc) is 2.30. The highest BCUT2D eigenvalue weighted by Gasteiger charge is 2.15. The highest BCUT2D eigenvalue weighted by atomic mass is 35.9. The van der Waals surface area contributed by atoms with Crippen LogP contribution in [0.4, 0.5) is 4.39 Å². The summed E-state index contributed by atoms with van der Waals surface area (Å²) >= 11 is 11.7. The third-order valence-electron chi connectivity index (χ3n) is 2.48. The van der Waals surface area contributed by atoms with Crippen molar-refractivity contribution in [3.05, 3.63) is 65.5 Å². The molecule has 0 spiro atoms. The number of hydrogen-bond donors (Lipinski definition) is 0. The summed E-state index contributed by atoms with van der Waals surface area (Å²) in [6.07, 6.45) is 0.645. The van der Waals surface area contributed by atoms with E-state index in [0.717, 1.165) is 11.1 Å². The summed E-state index contributed by atoms with van der Waals surface area (Å²) in [6.45, 7) is -1.46. The van der Waals surface area contributed by atoms with Gasteiger partial charge in [0.05, 0.1) is 0 Å². The maximum Gasteiger partial charge on any atom is 0.133 e. The van der Waals surface area contributed by atoms with Gasteiger partial charge in [-0.05, 0) is 23.6 Å². The smallest absolute Gasteiger partial charge is 0.133 e. The van der Waals surface area contributed by atoms with Gasteiger partial charge in [0, 0.05) is 5.30 Å². The van der Waals surface area contributed by atoms with Crippen molar-refractivity contribution in [2.75, 3.05) is 0 Å². The molecule has 0 N–H and O–H groups in total. The summed E-state index contributed by atoms with van der Waals surface area (Å²) in [5.74, 6) is -0.324. The molecule has 0 unspecified atom stereocenters. The lowest BCUT2D eigenvalue weighted by atomic mass is 10.1. The van der Waals surface area contributed by atoms with Crippen molar-refractivity contribution in [1.82, 2.24) is 0 Å². The van der Waals surface area contributed by atoms with Gasteiger partial charge in [0.25, 0.3) is 0 Å². The van der Waals surface area contributed by atoms with E-state index in [-0.39, 0.29) is 5.82 Å². The first-order chi connectivity index (χ1) is 8.18. The van der Waals surface area contributed by atoms with Crippen LogP contribution in [0.1, 0.15) is 11.1 Å². The molecule has 88 valence electrons. The molecule has 0 heterocycles. The molecule has 2 rings (SSSR count). The standard InChI is InChI=1S/C13H10Cl2FP/c14-17(15)13-11(7-4-8-12(13)16)9-10-5-2-1-3-6-10/h1-8H,9H2. The lowest BCUT2D eigenvalue weighted by Gasteiger charge is -2.10. The predicted octanol–water partition coefficient (Wildman–Crippen LogP) is 4.83. The number of halogens is 3. The minimum atomic E-state index is -1.46. The summed E-state index contributed by atoms with van der Waals surface area (Å²) in [5.41, 5.74) is 1.97. The van der Waals surface area contributed by atoms with Crippen LogP contribution in [0.15, 0.2) is 48.5 Å². The van der Waals surface area contributed by atoms with E-state index in [1.165, 1.54) is 6.07 Å². The molecule has 0 aliphatic heterocycles. The number of rotatable bonds is 3. The van der Waals surface area contributed by atoms with Crippen LogP contribution in [-0.2, 0) is 6.42 Å². The van der Waals surface area contributed by atoms with Gasteiger partial charge in [-0.3, -0.25) is 0 Å². The Labute approximate surface area is 111 Å². The van der Waals surface area contributed by atoms with Crippen LogP contribution in [0.25, 0.3) is 0 Å². The van der Waals surface area contributed by atoms with Gasteiger partial charge >= 0.3 is 0 Å². The highest BCUT2D eigenvalue weighted by molar-refractivity contribution is 8.08. The number of benzene rings is 2. The molecule has 2 aromatic carbocycles. The molecule has 0 radical (unpaired) electrons. The Balaban J connectivity index is 2.36.